The Morgan fingerprint density at radius 2 is 1.96 bits per heavy atom. The van der Waals surface area contributed by atoms with Crippen LogP contribution in [0, 0.1) is 0 Å². The van der Waals surface area contributed by atoms with Crippen molar-refractivity contribution in [3.05, 3.63) is 30.6 Å². The van der Waals surface area contributed by atoms with Crippen molar-refractivity contribution >= 4 is 29.0 Å². The van der Waals surface area contributed by atoms with Crippen LogP contribution in [0.15, 0.2) is 30.6 Å². The van der Waals surface area contributed by atoms with Gasteiger partial charge >= 0.3 is 6.09 Å². The van der Waals surface area contributed by atoms with Crippen LogP contribution < -0.4 is 10.6 Å². The minimum atomic E-state index is -0.547. The second kappa shape index (κ2) is 8.45. The van der Waals surface area contributed by atoms with Gasteiger partial charge in [-0.05, 0) is 38.5 Å². The third-order valence-corrected chi connectivity index (χ3v) is 3.71. The zero-order chi connectivity index (χ0) is 19.2. The molecule has 0 bridgehead atoms. The summed E-state index contributed by atoms with van der Waals surface area (Å²) in [6, 6.07) is 5.71. The number of benzene rings is 1. The molecule has 1 atom stereocenters. The van der Waals surface area contributed by atoms with E-state index >= 15 is 0 Å². The van der Waals surface area contributed by atoms with Crippen LogP contribution in [0.2, 0.25) is 0 Å². The van der Waals surface area contributed by atoms with Crippen molar-refractivity contribution in [2.75, 3.05) is 23.8 Å². The molecular formula is C18H22N6O3. The van der Waals surface area contributed by atoms with E-state index in [1.54, 1.807) is 19.3 Å². The number of rotatable bonds is 7. The quantitative estimate of drug-likeness (QED) is 0.546. The Bertz CT molecular complexity index is 909. The van der Waals surface area contributed by atoms with E-state index in [2.05, 4.69) is 30.6 Å². The van der Waals surface area contributed by atoms with Gasteiger partial charge in [-0.25, -0.2) is 19.7 Å². The second-order valence-electron chi connectivity index (χ2n) is 5.70. The lowest BCUT2D eigenvalue weighted by atomic mass is 10.1. The minimum absolute atomic E-state index is 0.160. The largest absolute Gasteiger partial charge is 0.450 e. The summed E-state index contributed by atoms with van der Waals surface area (Å²) in [6.07, 6.45) is 2.77. The lowest BCUT2D eigenvalue weighted by Gasteiger charge is -2.13. The predicted octanol–water partition coefficient (Wildman–Crippen LogP) is 3.38. The Morgan fingerprint density at radius 1 is 1.19 bits per heavy atom. The molecule has 3 N–H and O–H groups in total. The molecule has 1 unspecified atom stereocenters. The van der Waals surface area contributed by atoms with E-state index in [0.29, 0.717) is 25.1 Å². The van der Waals surface area contributed by atoms with Crippen molar-refractivity contribution in [1.82, 2.24) is 19.9 Å². The number of amides is 1. The van der Waals surface area contributed by atoms with Crippen molar-refractivity contribution in [3.63, 3.8) is 0 Å². The molecule has 0 spiro atoms. The zero-order valence-corrected chi connectivity index (χ0v) is 15.4. The normalized spacial score (nSPS) is 12.0. The summed E-state index contributed by atoms with van der Waals surface area (Å²) in [5.41, 5.74) is 3.31. The molecule has 0 aliphatic heterocycles. The number of carbonyl (C=O) groups is 1. The first-order valence-corrected chi connectivity index (χ1v) is 8.73. The van der Waals surface area contributed by atoms with E-state index in [9.17, 15) is 4.79 Å². The lowest BCUT2D eigenvalue weighted by Crippen LogP contribution is -2.20. The summed E-state index contributed by atoms with van der Waals surface area (Å²) in [5, 5.41) is 5.63. The molecule has 0 saturated heterocycles. The Balaban J connectivity index is 1.75. The van der Waals surface area contributed by atoms with Gasteiger partial charge in [-0.15, -0.1) is 0 Å². The van der Waals surface area contributed by atoms with Crippen molar-refractivity contribution < 1.29 is 14.3 Å². The average molecular weight is 370 g/mol. The molecule has 9 heteroatoms. The first-order chi connectivity index (χ1) is 13.1. The summed E-state index contributed by atoms with van der Waals surface area (Å²) < 4.78 is 10.3. The van der Waals surface area contributed by atoms with Gasteiger partial charge < -0.3 is 19.8 Å². The summed E-state index contributed by atoms with van der Waals surface area (Å²) in [5.74, 6) is 0.838. The monoisotopic (exact) mass is 370 g/mol. The number of aromatic nitrogens is 4. The number of imidazole rings is 1. The summed E-state index contributed by atoms with van der Waals surface area (Å²) >= 11 is 0. The standard InChI is InChI=1S/C18H22N6O3/c1-4-26-11(3)21-16-19-9-13(10-20-16)12-6-7-14-15(8-12)23-17(22-14)24-18(25)27-5-2/h6-11H,4-5H2,1-3H3,(H,19,20,21)(H2,22,23,24,25). The maximum Gasteiger partial charge on any atom is 0.413 e. The SMILES string of the molecule is CCOC(=O)Nc1nc2ccc(-c3cnc(NC(C)OCC)nc3)cc2[nH]1. The fraction of sp³-hybridized carbons (Fsp3) is 0.333. The van der Waals surface area contributed by atoms with E-state index in [0.717, 1.165) is 22.2 Å². The number of H-pyrrole nitrogens is 1. The number of carbonyl (C=O) groups excluding carboxylic acids is 1. The topological polar surface area (TPSA) is 114 Å². The first kappa shape index (κ1) is 18.6. The maximum absolute atomic E-state index is 11.5. The molecule has 2 heterocycles. The van der Waals surface area contributed by atoms with Crippen LogP contribution in [-0.4, -0.2) is 45.5 Å². The molecule has 0 fully saturated rings. The maximum atomic E-state index is 11.5. The van der Waals surface area contributed by atoms with Crippen molar-refractivity contribution in [2.45, 2.75) is 27.0 Å². The van der Waals surface area contributed by atoms with Gasteiger partial charge in [0.25, 0.3) is 0 Å². The van der Waals surface area contributed by atoms with E-state index < -0.39 is 6.09 Å². The van der Waals surface area contributed by atoms with Crippen LogP contribution in [0.5, 0.6) is 0 Å². The number of hydrogen-bond acceptors (Lipinski definition) is 7. The predicted molar refractivity (Wildman–Crippen MR) is 102 cm³/mol. The van der Waals surface area contributed by atoms with Crippen LogP contribution in [0.4, 0.5) is 16.7 Å². The number of anilines is 2. The molecule has 0 aliphatic rings. The fourth-order valence-electron chi connectivity index (χ4n) is 2.54. The van der Waals surface area contributed by atoms with E-state index in [4.69, 9.17) is 9.47 Å². The summed E-state index contributed by atoms with van der Waals surface area (Å²) in [7, 11) is 0. The molecule has 9 nitrogen and oxygen atoms in total. The van der Waals surface area contributed by atoms with Gasteiger partial charge in [0.2, 0.25) is 11.9 Å². The molecule has 1 amide bonds. The third-order valence-electron chi connectivity index (χ3n) is 3.71. The molecule has 0 aliphatic carbocycles. The molecular weight excluding hydrogens is 348 g/mol. The average Bonchev–Trinajstić information content (AvgIpc) is 3.04. The number of nitrogens with one attached hydrogen (secondary N) is 3. The Hall–Kier alpha value is -3.20. The highest BCUT2D eigenvalue weighted by atomic mass is 16.5. The van der Waals surface area contributed by atoms with Crippen molar-refractivity contribution in [3.8, 4) is 11.1 Å². The molecule has 27 heavy (non-hydrogen) atoms. The molecule has 0 saturated carbocycles. The molecule has 3 aromatic rings. The van der Waals surface area contributed by atoms with E-state index in [-0.39, 0.29) is 6.23 Å². The van der Waals surface area contributed by atoms with Crippen LogP contribution >= 0.6 is 0 Å². The van der Waals surface area contributed by atoms with Crippen LogP contribution in [0.1, 0.15) is 20.8 Å². The number of ether oxygens (including phenoxy) is 2. The van der Waals surface area contributed by atoms with Gasteiger partial charge in [-0.2, -0.15) is 0 Å². The molecule has 1 aromatic carbocycles. The van der Waals surface area contributed by atoms with Gasteiger partial charge in [0.1, 0.15) is 6.23 Å². The Morgan fingerprint density at radius 3 is 2.67 bits per heavy atom. The van der Waals surface area contributed by atoms with E-state index in [1.165, 1.54) is 0 Å². The van der Waals surface area contributed by atoms with Gasteiger partial charge in [-0.3, -0.25) is 5.32 Å². The molecule has 142 valence electrons. The van der Waals surface area contributed by atoms with Crippen LogP contribution in [0.25, 0.3) is 22.2 Å². The number of fused-ring (bicyclic) bond motifs is 1. The fourth-order valence-corrected chi connectivity index (χ4v) is 2.54. The first-order valence-electron chi connectivity index (χ1n) is 8.73. The van der Waals surface area contributed by atoms with Gasteiger partial charge in [-0.1, -0.05) is 6.07 Å². The van der Waals surface area contributed by atoms with Gasteiger partial charge in [0, 0.05) is 24.6 Å². The minimum Gasteiger partial charge on any atom is -0.450 e. The van der Waals surface area contributed by atoms with Crippen LogP contribution in [-0.2, 0) is 9.47 Å². The second-order valence-corrected chi connectivity index (χ2v) is 5.70. The summed E-state index contributed by atoms with van der Waals surface area (Å²) in [6.45, 7) is 6.48. The van der Waals surface area contributed by atoms with Gasteiger partial charge in [0.05, 0.1) is 17.6 Å². The lowest BCUT2D eigenvalue weighted by molar-refractivity contribution is 0.0955. The van der Waals surface area contributed by atoms with Crippen LogP contribution in [0.3, 0.4) is 0 Å². The number of aromatic amines is 1. The van der Waals surface area contributed by atoms with E-state index in [1.807, 2.05) is 32.0 Å². The molecule has 0 radical (unpaired) electrons. The molecule has 2 aromatic heterocycles. The summed E-state index contributed by atoms with van der Waals surface area (Å²) in [4.78, 5) is 27.5. The zero-order valence-electron chi connectivity index (χ0n) is 15.4. The number of hydrogen-bond donors (Lipinski definition) is 3. The Kier molecular flexibility index (Phi) is 5.82. The van der Waals surface area contributed by atoms with Gasteiger partial charge in [0.15, 0.2) is 0 Å². The Labute approximate surface area is 156 Å². The van der Waals surface area contributed by atoms with Crippen molar-refractivity contribution in [2.24, 2.45) is 0 Å². The highest BCUT2D eigenvalue weighted by Crippen LogP contribution is 2.24. The highest BCUT2D eigenvalue weighted by molar-refractivity contribution is 5.88. The highest BCUT2D eigenvalue weighted by Gasteiger charge is 2.09. The van der Waals surface area contributed by atoms with Crippen molar-refractivity contribution in [1.29, 1.82) is 0 Å². The molecule has 3 rings (SSSR count). The smallest absolute Gasteiger partial charge is 0.413 e. The number of nitrogens with zero attached hydrogens (tertiary/aromatic N) is 3. The third kappa shape index (κ3) is 4.70.